The van der Waals surface area contributed by atoms with Crippen LogP contribution in [0.5, 0.6) is 0 Å². The molecule has 0 aliphatic rings. The van der Waals surface area contributed by atoms with Crippen LogP contribution in [0.3, 0.4) is 0 Å². The first kappa shape index (κ1) is 8.86. The van der Waals surface area contributed by atoms with Crippen molar-refractivity contribution in [3.05, 3.63) is 47.0 Å². The molecule has 0 saturated carbocycles. The predicted molar refractivity (Wildman–Crippen MR) is 58.5 cm³/mol. The van der Waals surface area contributed by atoms with Crippen LogP contribution in [-0.4, -0.2) is 0 Å². The lowest BCUT2D eigenvalue weighted by Gasteiger charge is -2.03. The fourth-order valence-electron chi connectivity index (χ4n) is 1.45. The van der Waals surface area contributed by atoms with Gasteiger partial charge in [0, 0.05) is 16.3 Å². The minimum atomic E-state index is 0.525. The van der Waals surface area contributed by atoms with Crippen LogP contribution in [0.4, 0.5) is 0 Å². The van der Waals surface area contributed by atoms with Crippen molar-refractivity contribution in [2.24, 2.45) is 0 Å². The van der Waals surface area contributed by atoms with Crippen molar-refractivity contribution in [2.75, 3.05) is 0 Å². The lowest BCUT2D eigenvalue weighted by atomic mass is 10.1. The molecule has 2 aromatic carbocycles. The second kappa shape index (κ2) is 3.57. The maximum absolute atomic E-state index is 6.04. The molecule has 0 N–H and O–H groups in total. The molecular formula is C11H8Cl2. The van der Waals surface area contributed by atoms with Gasteiger partial charge in [0.25, 0.3) is 0 Å². The minimum absolute atomic E-state index is 0.525. The smallest absolute Gasteiger partial charge is 0.0484 e. The second-order valence-corrected chi connectivity index (χ2v) is 3.56. The second-order valence-electron chi connectivity index (χ2n) is 2.89. The molecule has 13 heavy (non-hydrogen) atoms. The first-order valence-corrected chi connectivity index (χ1v) is 4.96. The van der Waals surface area contributed by atoms with E-state index in [2.05, 4.69) is 0 Å². The SMILES string of the molecule is ClCc1cccc2c(Cl)cccc12. The van der Waals surface area contributed by atoms with Crippen LogP contribution in [0.25, 0.3) is 10.8 Å². The highest BCUT2D eigenvalue weighted by Gasteiger charge is 2.01. The molecule has 0 aliphatic heterocycles. The van der Waals surface area contributed by atoms with Gasteiger partial charge in [-0.05, 0) is 17.0 Å². The van der Waals surface area contributed by atoms with Gasteiger partial charge in [-0.15, -0.1) is 11.6 Å². The van der Waals surface area contributed by atoms with Crippen LogP contribution in [0.1, 0.15) is 5.56 Å². The average Bonchev–Trinajstić information content (AvgIpc) is 2.18. The summed E-state index contributed by atoms with van der Waals surface area (Å²) >= 11 is 11.9. The summed E-state index contributed by atoms with van der Waals surface area (Å²) < 4.78 is 0. The highest BCUT2D eigenvalue weighted by molar-refractivity contribution is 6.35. The number of alkyl halides is 1. The summed E-state index contributed by atoms with van der Waals surface area (Å²) in [5.74, 6) is 0.525. The largest absolute Gasteiger partial charge is 0.122 e. The van der Waals surface area contributed by atoms with E-state index in [1.54, 1.807) is 0 Å². The van der Waals surface area contributed by atoms with Crippen molar-refractivity contribution >= 4 is 34.0 Å². The molecule has 0 nitrogen and oxygen atoms in total. The summed E-state index contributed by atoms with van der Waals surface area (Å²) in [6, 6.07) is 11.9. The zero-order chi connectivity index (χ0) is 9.26. The molecule has 2 heteroatoms. The molecule has 0 radical (unpaired) electrons. The van der Waals surface area contributed by atoms with Crippen LogP contribution in [0.2, 0.25) is 5.02 Å². The van der Waals surface area contributed by atoms with Crippen molar-refractivity contribution in [2.45, 2.75) is 5.88 Å². The van der Waals surface area contributed by atoms with Gasteiger partial charge in [0.1, 0.15) is 0 Å². The summed E-state index contributed by atoms with van der Waals surface area (Å²) in [5, 5.41) is 3.00. The summed E-state index contributed by atoms with van der Waals surface area (Å²) in [7, 11) is 0. The standard InChI is InChI=1S/C11H8Cl2/c12-7-8-3-1-5-10-9(8)4-2-6-11(10)13/h1-6H,7H2. The Hall–Kier alpha value is -0.720. The Morgan fingerprint density at radius 1 is 0.923 bits per heavy atom. The average molecular weight is 211 g/mol. The number of hydrogen-bond acceptors (Lipinski definition) is 0. The molecule has 0 atom stereocenters. The van der Waals surface area contributed by atoms with E-state index in [9.17, 15) is 0 Å². The molecule has 0 amide bonds. The van der Waals surface area contributed by atoms with E-state index in [1.807, 2.05) is 36.4 Å². The van der Waals surface area contributed by atoms with Gasteiger partial charge in [0.2, 0.25) is 0 Å². The maximum atomic E-state index is 6.04. The van der Waals surface area contributed by atoms with Crippen molar-refractivity contribution in [3.8, 4) is 0 Å². The molecule has 66 valence electrons. The Labute approximate surface area is 87.1 Å². The molecule has 0 spiro atoms. The lowest BCUT2D eigenvalue weighted by molar-refractivity contribution is 1.45. The Balaban J connectivity index is 2.84. The van der Waals surface area contributed by atoms with Gasteiger partial charge < -0.3 is 0 Å². The quantitative estimate of drug-likeness (QED) is 0.619. The molecule has 0 saturated heterocycles. The van der Waals surface area contributed by atoms with Gasteiger partial charge in [-0.2, -0.15) is 0 Å². The summed E-state index contributed by atoms with van der Waals surface area (Å²) in [4.78, 5) is 0. The monoisotopic (exact) mass is 210 g/mol. The molecule has 0 unspecified atom stereocenters. The van der Waals surface area contributed by atoms with Gasteiger partial charge in [-0.3, -0.25) is 0 Å². The van der Waals surface area contributed by atoms with E-state index in [4.69, 9.17) is 23.2 Å². The number of fused-ring (bicyclic) bond motifs is 1. The molecule has 0 heterocycles. The molecule has 0 fully saturated rings. The molecule has 2 rings (SSSR count). The van der Waals surface area contributed by atoms with Crippen molar-refractivity contribution in [1.82, 2.24) is 0 Å². The van der Waals surface area contributed by atoms with Gasteiger partial charge in [-0.1, -0.05) is 41.9 Å². The van der Waals surface area contributed by atoms with Crippen LogP contribution < -0.4 is 0 Å². The van der Waals surface area contributed by atoms with Crippen LogP contribution in [-0.2, 0) is 5.88 Å². The first-order valence-electron chi connectivity index (χ1n) is 4.05. The fourth-order valence-corrected chi connectivity index (χ4v) is 1.92. The molecule has 2 aromatic rings. The number of hydrogen-bond donors (Lipinski definition) is 0. The summed E-state index contributed by atoms with van der Waals surface area (Å²) in [6.07, 6.45) is 0. The van der Waals surface area contributed by atoms with E-state index in [1.165, 1.54) is 0 Å². The van der Waals surface area contributed by atoms with Crippen LogP contribution in [0.15, 0.2) is 36.4 Å². The van der Waals surface area contributed by atoms with Gasteiger partial charge in [0.15, 0.2) is 0 Å². The Kier molecular flexibility index (Phi) is 2.43. The van der Waals surface area contributed by atoms with Gasteiger partial charge in [-0.25, -0.2) is 0 Å². The normalized spacial score (nSPS) is 10.6. The zero-order valence-electron chi connectivity index (χ0n) is 6.93. The Morgan fingerprint density at radius 3 is 2.38 bits per heavy atom. The van der Waals surface area contributed by atoms with Gasteiger partial charge in [0.05, 0.1) is 0 Å². The topological polar surface area (TPSA) is 0 Å². The number of benzene rings is 2. The Bertz CT molecular complexity index is 435. The molecule has 0 bridgehead atoms. The predicted octanol–water partition coefficient (Wildman–Crippen LogP) is 4.23. The van der Waals surface area contributed by atoms with Gasteiger partial charge >= 0.3 is 0 Å². The fraction of sp³-hybridized carbons (Fsp3) is 0.0909. The third-order valence-corrected chi connectivity index (χ3v) is 2.72. The first-order chi connectivity index (χ1) is 6.33. The van der Waals surface area contributed by atoms with E-state index in [-0.39, 0.29) is 0 Å². The molecule has 0 aromatic heterocycles. The summed E-state index contributed by atoms with van der Waals surface area (Å²) in [6.45, 7) is 0. The maximum Gasteiger partial charge on any atom is 0.0484 e. The Morgan fingerprint density at radius 2 is 1.62 bits per heavy atom. The molecular weight excluding hydrogens is 203 g/mol. The van der Waals surface area contributed by atoms with Crippen LogP contribution >= 0.6 is 23.2 Å². The summed E-state index contributed by atoms with van der Waals surface area (Å²) in [5.41, 5.74) is 1.13. The third kappa shape index (κ3) is 1.52. The van der Waals surface area contributed by atoms with E-state index >= 15 is 0 Å². The van der Waals surface area contributed by atoms with Crippen LogP contribution in [0, 0.1) is 0 Å². The number of halogens is 2. The molecule has 0 aliphatic carbocycles. The third-order valence-electron chi connectivity index (χ3n) is 2.10. The zero-order valence-corrected chi connectivity index (χ0v) is 8.44. The van der Waals surface area contributed by atoms with Crippen molar-refractivity contribution in [1.29, 1.82) is 0 Å². The van der Waals surface area contributed by atoms with E-state index in [0.717, 1.165) is 21.4 Å². The highest BCUT2D eigenvalue weighted by Crippen LogP contribution is 2.26. The van der Waals surface area contributed by atoms with Crippen molar-refractivity contribution < 1.29 is 0 Å². The lowest BCUT2D eigenvalue weighted by Crippen LogP contribution is -1.81. The minimum Gasteiger partial charge on any atom is -0.122 e. The highest BCUT2D eigenvalue weighted by atomic mass is 35.5. The number of rotatable bonds is 1. The van der Waals surface area contributed by atoms with Crippen molar-refractivity contribution in [3.63, 3.8) is 0 Å². The van der Waals surface area contributed by atoms with E-state index < -0.39 is 0 Å². The van der Waals surface area contributed by atoms with E-state index in [0.29, 0.717) is 5.88 Å².